The minimum Gasteiger partial charge on any atom is -0.395 e. The Kier molecular flexibility index (Phi) is 5.37. The molecule has 1 fully saturated rings. The number of benzene rings is 3. The number of Topliss-reactive ketones (excluding diaryl/α,β-unsaturated/α-hetero) is 1. The van der Waals surface area contributed by atoms with Gasteiger partial charge in [0.15, 0.2) is 6.29 Å². The topological polar surface area (TPSA) is 69.6 Å². The second kappa shape index (κ2) is 8.09. The van der Waals surface area contributed by atoms with Gasteiger partial charge in [-0.25, -0.2) is 0 Å². The first-order valence-electron chi connectivity index (χ1n) is 9.75. The van der Waals surface area contributed by atoms with Gasteiger partial charge in [0, 0.05) is 35.8 Å². The van der Waals surface area contributed by atoms with Crippen molar-refractivity contribution in [2.75, 3.05) is 31.6 Å². The number of nitrogens with one attached hydrogen (secondary N) is 1. The van der Waals surface area contributed by atoms with Crippen molar-refractivity contribution in [3.8, 4) is 0 Å². The molecule has 0 aliphatic carbocycles. The largest absolute Gasteiger partial charge is 0.395 e. The van der Waals surface area contributed by atoms with Gasteiger partial charge in [0.1, 0.15) is 0 Å². The maximum atomic E-state index is 12.4. The van der Waals surface area contributed by atoms with Gasteiger partial charge >= 0.3 is 0 Å². The summed E-state index contributed by atoms with van der Waals surface area (Å²) in [6.07, 6.45) is 2.57. The quantitative estimate of drug-likeness (QED) is 0.287. The van der Waals surface area contributed by atoms with Crippen LogP contribution in [0.4, 0.5) is 5.69 Å². The van der Waals surface area contributed by atoms with E-state index in [2.05, 4.69) is 16.3 Å². The van der Waals surface area contributed by atoms with Crippen LogP contribution in [0.3, 0.4) is 0 Å². The molecule has 0 bridgehead atoms. The van der Waals surface area contributed by atoms with Crippen molar-refractivity contribution >= 4 is 39.3 Å². The summed E-state index contributed by atoms with van der Waals surface area (Å²) >= 11 is 0. The molecule has 2 N–H and O–H groups in total. The molecule has 28 heavy (non-hydrogen) atoms. The second-order valence-electron chi connectivity index (χ2n) is 7.30. The Balaban J connectivity index is 1.69. The molecular formula is C23H24N2O3. The summed E-state index contributed by atoms with van der Waals surface area (Å²) in [4.78, 5) is 26.0. The van der Waals surface area contributed by atoms with Crippen LogP contribution in [-0.4, -0.2) is 54.4 Å². The first kappa shape index (κ1) is 18.6. The van der Waals surface area contributed by atoms with Crippen LogP contribution in [0.25, 0.3) is 21.5 Å². The molecule has 1 heterocycles. The molecule has 1 aliphatic rings. The molecule has 0 saturated carbocycles. The average molecular weight is 376 g/mol. The highest BCUT2D eigenvalue weighted by molar-refractivity contribution is 6.40. The Morgan fingerprint density at radius 3 is 2.79 bits per heavy atom. The van der Waals surface area contributed by atoms with E-state index >= 15 is 0 Å². The molecule has 0 amide bonds. The van der Waals surface area contributed by atoms with Crippen LogP contribution in [-0.2, 0) is 4.79 Å². The molecule has 3 aromatic rings. The van der Waals surface area contributed by atoms with Gasteiger partial charge in [-0.3, -0.25) is 14.5 Å². The predicted octanol–water partition coefficient (Wildman–Crippen LogP) is 3.24. The maximum Gasteiger partial charge on any atom is 0.226 e. The lowest BCUT2D eigenvalue weighted by atomic mass is 9.94. The number of carbonyl (C=O) groups excluding carboxylic acids is 2. The Hall–Kier alpha value is -2.76. The van der Waals surface area contributed by atoms with Crippen LogP contribution < -0.4 is 5.32 Å². The van der Waals surface area contributed by atoms with Gasteiger partial charge in [0.2, 0.25) is 5.78 Å². The van der Waals surface area contributed by atoms with Gasteiger partial charge in [-0.05, 0) is 47.7 Å². The van der Waals surface area contributed by atoms with E-state index in [0.717, 1.165) is 59.7 Å². The number of aldehydes is 1. The fourth-order valence-electron chi connectivity index (χ4n) is 4.30. The van der Waals surface area contributed by atoms with Gasteiger partial charge in [-0.1, -0.05) is 36.4 Å². The number of aliphatic hydroxyl groups excluding tert-OH is 1. The summed E-state index contributed by atoms with van der Waals surface area (Å²) in [7, 11) is 0. The van der Waals surface area contributed by atoms with Crippen molar-refractivity contribution in [3.63, 3.8) is 0 Å². The summed E-state index contributed by atoms with van der Waals surface area (Å²) in [6.45, 7) is 2.83. The molecule has 1 unspecified atom stereocenters. The normalized spacial score (nSPS) is 17.2. The predicted molar refractivity (Wildman–Crippen MR) is 112 cm³/mol. The minimum absolute atomic E-state index is 0.206. The molecule has 1 saturated heterocycles. The van der Waals surface area contributed by atoms with E-state index in [1.807, 2.05) is 42.5 Å². The van der Waals surface area contributed by atoms with Crippen molar-refractivity contribution in [1.29, 1.82) is 0 Å². The van der Waals surface area contributed by atoms with Gasteiger partial charge in [0.05, 0.1) is 6.61 Å². The van der Waals surface area contributed by atoms with Gasteiger partial charge in [-0.2, -0.15) is 0 Å². The van der Waals surface area contributed by atoms with Crippen LogP contribution in [0.1, 0.15) is 23.2 Å². The highest BCUT2D eigenvalue weighted by Gasteiger charge is 2.23. The van der Waals surface area contributed by atoms with Gasteiger partial charge in [0.25, 0.3) is 0 Å². The molecule has 5 heteroatoms. The Bertz CT molecular complexity index is 1030. The maximum absolute atomic E-state index is 12.4. The van der Waals surface area contributed by atoms with Crippen LogP contribution in [0.5, 0.6) is 0 Å². The SMILES string of the molecule is O=CC(=O)c1c2ccccc2cc2c(NCCN3CCCC3CO)cccc12. The number of hydrogen-bond donors (Lipinski definition) is 2. The smallest absolute Gasteiger partial charge is 0.226 e. The minimum atomic E-state index is -0.498. The first-order valence-corrected chi connectivity index (χ1v) is 9.75. The molecule has 0 spiro atoms. The number of nitrogens with zero attached hydrogens (tertiary/aromatic N) is 1. The monoisotopic (exact) mass is 376 g/mol. The summed E-state index contributed by atoms with van der Waals surface area (Å²) in [5.74, 6) is -0.498. The number of rotatable bonds is 7. The molecule has 0 radical (unpaired) electrons. The van der Waals surface area contributed by atoms with Crippen molar-refractivity contribution in [3.05, 3.63) is 54.1 Å². The standard InChI is InChI=1S/C23H24N2O3/c26-14-17-6-4-11-25(17)12-10-24-21-9-3-8-19-20(21)13-16-5-1-2-7-18(16)23(19)22(28)15-27/h1-3,5,7-9,13,15,17,24,26H,4,6,10-12,14H2. The van der Waals surface area contributed by atoms with E-state index < -0.39 is 5.78 Å². The number of likely N-dealkylation sites (tertiary alicyclic amines) is 1. The Labute approximate surface area is 164 Å². The third-order valence-electron chi connectivity index (χ3n) is 5.68. The summed E-state index contributed by atoms with van der Waals surface area (Å²) in [5.41, 5.74) is 1.41. The Morgan fingerprint density at radius 2 is 1.96 bits per heavy atom. The fourth-order valence-corrected chi connectivity index (χ4v) is 4.30. The van der Waals surface area contributed by atoms with Gasteiger partial charge in [-0.15, -0.1) is 0 Å². The molecule has 3 aromatic carbocycles. The lowest BCUT2D eigenvalue weighted by Gasteiger charge is -2.23. The summed E-state index contributed by atoms with van der Waals surface area (Å²) in [6, 6.07) is 15.8. The number of ketones is 1. The van der Waals surface area contributed by atoms with Crippen molar-refractivity contribution in [2.45, 2.75) is 18.9 Å². The first-order chi connectivity index (χ1) is 13.7. The Morgan fingerprint density at radius 1 is 1.14 bits per heavy atom. The van der Waals surface area contributed by atoms with E-state index in [1.54, 1.807) is 0 Å². The van der Waals surface area contributed by atoms with E-state index in [9.17, 15) is 14.7 Å². The van der Waals surface area contributed by atoms with Crippen molar-refractivity contribution < 1.29 is 14.7 Å². The average Bonchev–Trinajstić information content (AvgIpc) is 3.19. The van der Waals surface area contributed by atoms with Crippen LogP contribution in [0.15, 0.2) is 48.5 Å². The van der Waals surface area contributed by atoms with E-state index in [4.69, 9.17) is 0 Å². The zero-order valence-corrected chi connectivity index (χ0v) is 15.7. The third kappa shape index (κ3) is 3.39. The molecule has 144 valence electrons. The van der Waals surface area contributed by atoms with Crippen LogP contribution >= 0.6 is 0 Å². The lowest BCUT2D eigenvalue weighted by molar-refractivity contribution is -0.104. The molecule has 0 aromatic heterocycles. The lowest BCUT2D eigenvalue weighted by Crippen LogP contribution is -2.35. The van der Waals surface area contributed by atoms with E-state index in [-0.39, 0.29) is 12.6 Å². The fraction of sp³-hybridized carbons (Fsp3) is 0.304. The van der Waals surface area contributed by atoms with Gasteiger partial charge < -0.3 is 10.4 Å². The zero-order chi connectivity index (χ0) is 19.5. The number of carbonyl (C=O) groups is 2. The summed E-state index contributed by atoms with van der Waals surface area (Å²) < 4.78 is 0. The molecule has 5 nitrogen and oxygen atoms in total. The molecule has 1 atom stereocenters. The molecular weight excluding hydrogens is 352 g/mol. The van der Waals surface area contributed by atoms with Crippen molar-refractivity contribution in [1.82, 2.24) is 4.90 Å². The van der Waals surface area contributed by atoms with Crippen LogP contribution in [0.2, 0.25) is 0 Å². The third-order valence-corrected chi connectivity index (χ3v) is 5.68. The molecule has 4 rings (SSSR count). The highest BCUT2D eigenvalue weighted by Crippen LogP contribution is 2.33. The second-order valence-corrected chi connectivity index (χ2v) is 7.30. The zero-order valence-electron chi connectivity index (χ0n) is 15.7. The van der Waals surface area contributed by atoms with E-state index in [1.165, 1.54) is 0 Å². The highest BCUT2D eigenvalue weighted by atomic mass is 16.3. The van der Waals surface area contributed by atoms with Crippen LogP contribution in [0, 0.1) is 0 Å². The number of hydrogen-bond acceptors (Lipinski definition) is 5. The number of fused-ring (bicyclic) bond motifs is 2. The summed E-state index contributed by atoms with van der Waals surface area (Å²) in [5, 5.41) is 16.4. The number of aliphatic hydroxyl groups is 1. The number of anilines is 1. The molecule has 1 aliphatic heterocycles. The van der Waals surface area contributed by atoms with Crippen molar-refractivity contribution in [2.24, 2.45) is 0 Å². The van der Waals surface area contributed by atoms with E-state index in [0.29, 0.717) is 11.8 Å².